The van der Waals surface area contributed by atoms with Crippen LogP contribution in [0.1, 0.15) is 11.4 Å². The van der Waals surface area contributed by atoms with Crippen molar-refractivity contribution in [1.82, 2.24) is 9.97 Å². The summed E-state index contributed by atoms with van der Waals surface area (Å²) >= 11 is 0. The van der Waals surface area contributed by atoms with Crippen molar-refractivity contribution in [3.05, 3.63) is 66.0 Å². The molecule has 10 heteroatoms. The van der Waals surface area contributed by atoms with Crippen molar-refractivity contribution < 1.29 is 26.3 Å². The number of halogens is 6. The summed E-state index contributed by atoms with van der Waals surface area (Å²) in [4.78, 5) is 10.6. The number of hydrogen-bond acceptors (Lipinski definition) is 4. The van der Waals surface area contributed by atoms with Gasteiger partial charge in [0.1, 0.15) is 5.69 Å². The van der Waals surface area contributed by atoms with Crippen LogP contribution in [0.3, 0.4) is 0 Å². The van der Waals surface area contributed by atoms with Crippen LogP contribution >= 0.6 is 0 Å². The van der Waals surface area contributed by atoms with Crippen molar-refractivity contribution in [2.45, 2.75) is 12.4 Å². The van der Waals surface area contributed by atoms with Gasteiger partial charge in [-0.1, -0.05) is 30.3 Å². The van der Waals surface area contributed by atoms with Gasteiger partial charge in [0.25, 0.3) is 0 Å². The van der Waals surface area contributed by atoms with E-state index in [9.17, 15) is 26.3 Å². The van der Waals surface area contributed by atoms with E-state index in [2.05, 4.69) is 9.97 Å². The third-order valence-corrected chi connectivity index (χ3v) is 4.66. The van der Waals surface area contributed by atoms with Crippen LogP contribution in [-0.4, -0.2) is 23.7 Å². The van der Waals surface area contributed by atoms with Crippen LogP contribution in [0.4, 0.5) is 43.5 Å². The van der Waals surface area contributed by atoms with Crippen molar-refractivity contribution in [3.63, 3.8) is 0 Å². The van der Waals surface area contributed by atoms with Crippen LogP contribution in [-0.2, 0) is 12.4 Å². The molecular weight excluding hydrogens is 410 g/mol. The molecular formula is C20H14F6N4. The zero-order chi connectivity index (χ0) is 21.7. The van der Waals surface area contributed by atoms with Crippen LogP contribution in [0.2, 0.25) is 0 Å². The maximum absolute atomic E-state index is 13.5. The molecule has 0 amide bonds. The Hall–Kier alpha value is -3.30. The lowest BCUT2D eigenvalue weighted by Crippen LogP contribution is -2.24. The first-order chi connectivity index (χ1) is 14.1. The Morgan fingerprint density at radius 1 is 0.800 bits per heavy atom. The quantitative estimate of drug-likeness (QED) is 0.492. The number of anilines is 3. The lowest BCUT2D eigenvalue weighted by Gasteiger charge is -2.19. The third kappa shape index (κ3) is 3.53. The molecule has 4 rings (SSSR count). The summed E-state index contributed by atoms with van der Waals surface area (Å²) in [6.07, 6.45) is -9.30. The van der Waals surface area contributed by atoms with E-state index in [4.69, 9.17) is 0 Å². The highest BCUT2D eigenvalue weighted by atomic mass is 19.4. The Bertz CT molecular complexity index is 1060. The molecule has 156 valence electrons. The Balaban J connectivity index is 1.87. The number of hydrogen-bond donors (Lipinski definition) is 0. The minimum Gasteiger partial charge on any atom is -0.352 e. The summed E-state index contributed by atoms with van der Waals surface area (Å²) in [7, 11) is 1.66. The van der Waals surface area contributed by atoms with Crippen LogP contribution in [0.5, 0.6) is 0 Å². The maximum atomic E-state index is 13.5. The molecule has 3 aromatic rings. The average Bonchev–Trinajstić information content (AvgIpc) is 3.03. The first-order valence-electron chi connectivity index (χ1n) is 8.76. The van der Waals surface area contributed by atoms with E-state index in [1.54, 1.807) is 42.3 Å². The van der Waals surface area contributed by atoms with E-state index in [-0.39, 0.29) is 18.2 Å². The fourth-order valence-corrected chi connectivity index (χ4v) is 3.29. The Kier molecular flexibility index (Phi) is 4.59. The van der Waals surface area contributed by atoms with E-state index in [1.165, 1.54) is 17.0 Å². The molecule has 1 aliphatic rings. The summed E-state index contributed by atoms with van der Waals surface area (Å²) in [5.74, 6) is -1.33. The van der Waals surface area contributed by atoms with Gasteiger partial charge in [-0.2, -0.15) is 26.3 Å². The summed E-state index contributed by atoms with van der Waals surface area (Å²) in [5.41, 5.74) is 0.392. The van der Waals surface area contributed by atoms with Gasteiger partial charge in [-0.05, 0) is 24.3 Å². The third-order valence-electron chi connectivity index (χ3n) is 4.66. The zero-order valence-electron chi connectivity index (χ0n) is 15.5. The number of benzene rings is 2. The van der Waals surface area contributed by atoms with E-state index < -0.39 is 23.7 Å². The minimum atomic E-state index is -4.79. The van der Waals surface area contributed by atoms with E-state index >= 15 is 0 Å². The molecule has 0 unspecified atom stereocenters. The second kappa shape index (κ2) is 6.89. The SMILES string of the molecule is CN1CN(c2ccc(C(F)(F)F)cc2)c2nc(C(F)(F)F)nc(-c3ccccc3)c21. The van der Waals surface area contributed by atoms with E-state index in [1.807, 2.05) is 0 Å². The van der Waals surface area contributed by atoms with Crippen molar-refractivity contribution in [3.8, 4) is 11.3 Å². The number of nitrogens with zero attached hydrogens (tertiary/aromatic N) is 4. The molecule has 0 N–H and O–H groups in total. The van der Waals surface area contributed by atoms with Gasteiger partial charge in [0, 0.05) is 18.3 Å². The lowest BCUT2D eigenvalue weighted by molar-refractivity contribution is -0.144. The van der Waals surface area contributed by atoms with E-state index in [0.29, 0.717) is 16.9 Å². The topological polar surface area (TPSA) is 32.3 Å². The Labute approximate surface area is 167 Å². The van der Waals surface area contributed by atoms with Crippen LogP contribution < -0.4 is 9.80 Å². The molecule has 2 heterocycles. The molecule has 0 bridgehead atoms. The molecule has 0 saturated carbocycles. The molecule has 1 aliphatic heterocycles. The number of rotatable bonds is 2. The highest BCUT2D eigenvalue weighted by molar-refractivity contribution is 5.89. The second-order valence-electron chi connectivity index (χ2n) is 6.74. The second-order valence-corrected chi connectivity index (χ2v) is 6.74. The van der Waals surface area contributed by atoms with Crippen molar-refractivity contribution >= 4 is 17.2 Å². The summed E-state index contributed by atoms with van der Waals surface area (Å²) in [6.45, 7) is 0.108. The summed E-state index contributed by atoms with van der Waals surface area (Å²) < 4.78 is 79.0. The Morgan fingerprint density at radius 3 is 2.00 bits per heavy atom. The smallest absolute Gasteiger partial charge is 0.352 e. The van der Waals surface area contributed by atoms with Crippen LogP contribution in [0.25, 0.3) is 11.3 Å². The van der Waals surface area contributed by atoms with Crippen LogP contribution in [0, 0.1) is 0 Å². The van der Waals surface area contributed by atoms with Gasteiger partial charge < -0.3 is 9.80 Å². The molecule has 0 saturated heterocycles. The number of alkyl halides is 6. The number of aromatic nitrogens is 2. The van der Waals surface area contributed by atoms with Gasteiger partial charge in [-0.25, -0.2) is 9.97 Å². The molecule has 1 aromatic heterocycles. The zero-order valence-corrected chi connectivity index (χ0v) is 15.5. The predicted molar refractivity (Wildman–Crippen MR) is 99.3 cm³/mol. The molecule has 0 spiro atoms. The van der Waals surface area contributed by atoms with Crippen molar-refractivity contribution in [2.75, 3.05) is 23.5 Å². The monoisotopic (exact) mass is 424 g/mol. The molecule has 2 aromatic carbocycles. The molecule has 0 radical (unpaired) electrons. The standard InChI is InChI=1S/C20H14F6N4/c1-29-11-30(14-9-7-13(8-10-14)19(21,22)23)17-16(29)15(12-5-3-2-4-6-12)27-18(28-17)20(24,25)26/h2-10H,11H2,1H3. The number of fused-ring (bicyclic) bond motifs is 1. The van der Waals surface area contributed by atoms with Gasteiger partial charge in [-0.15, -0.1) is 0 Å². The van der Waals surface area contributed by atoms with Gasteiger partial charge in [0.05, 0.1) is 17.9 Å². The molecule has 4 nitrogen and oxygen atoms in total. The van der Waals surface area contributed by atoms with Crippen LogP contribution in [0.15, 0.2) is 54.6 Å². The van der Waals surface area contributed by atoms with Gasteiger partial charge >= 0.3 is 12.4 Å². The predicted octanol–water partition coefficient (Wildman–Crippen LogP) is 5.73. The van der Waals surface area contributed by atoms with Gasteiger partial charge in [0.15, 0.2) is 5.82 Å². The summed E-state index contributed by atoms with van der Waals surface area (Å²) in [6, 6.07) is 12.6. The maximum Gasteiger partial charge on any atom is 0.451 e. The molecule has 0 aliphatic carbocycles. The highest BCUT2D eigenvalue weighted by Crippen LogP contribution is 2.45. The normalized spacial score (nSPS) is 14.2. The summed E-state index contributed by atoms with van der Waals surface area (Å²) in [5, 5.41) is 0. The van der Waals surface area contributed by atoms with Gasteiger partial charge in [0.2, 0.25) is 5.82 Å². The van der Waals surface area contributed by atoms with Crippen molar-refractivity contribution in [1.29, 1.82) is 0 Å². The lowest BCUT2D eigenvalue weighted by atomic mass is 10.1. The Morgan fingerprint density at radius 2 is 1.43 bits per heavy atom. The van der Waals surface area contributed by atoms with E-state index in [0.717, 1.165) is 12.1 Å². The van der Waals surface area contributed by atoms with Crippen molar-refractivity contribution in [2.24, 2.45) is 0 Å². The molecule has 30 heavy (non-hydrogen) atoms. The first-order valence-corrected chi connectivity index (χ1v) is 8.76. The highest BCUT2D eigenvalue weighted by Gasteiger charge is 2.40. The molecule has 0 atom stereocenters. The van der Waals surface area contributed by atoms with Gasteiger partial charge in [-0.3, -0.25) is 0 Å². The molecule has 0 fully saturated rings. The largest absolute Gasteiger partial charge is 0.451 e. The fraction of sp³-hybridized carbons (Fsp3) is 0.200. The minimum absolute atomic E-state index is 0.0153. The average molecular weight is 424 g/mol. The first kappa shape index (κ1) is 20.0. The fourth-order valence-electron chi connectivity index (χ4n) is 3.29.